The van der Waals surface area contributed by atoms with Crippen molar-refractivity contribution in [2.24, 2.45) is 5.73 Å². The number of aryl methyl sites for hydroxylation is 1. The Morgan fingerprint density at radius 3 is 2.61 bits per heavy atom. The molecule has 1 amide bonds. The van der Waals surface area contributed by atoms with Crippen LogP contribution in [0.4, 0.5) is 11.4 Å². The van der Waals surface area contributed by atoms with Crippen LogP contribution in [0.1, 0.15) is 32.8 Å². The second-order valence-corrected chi connectivity index (χ2v) is 5.38. The van der Waals surface area contributed by atoms with Crippen LogP contribution in [0.3, 0.4) is 0 Å². The summed E-state index contributed by atoms with van der Waals surface area (Å²) in [6, 6.07) is 5.94. The minimum Gasteiger partial charge on any atom is -0.385 e. The van der Waals surface area contributed by atoms with E-state index < -0.39 is 0 Å². The summed E-state index contributed by atoms with van der Waals surface area (Å²) in [6.45, 7) is 8.31. The smallest absolute Gasteiger partial charge is 0.221 e. The minimum absolute atomic E-state index is 0.0571. The van der Waals surface area contributed by atoms with Gasteiger partial charge in [-0.1, -0.05) is 6.07 Å². The average molecular weight is 249 g/mol. The van der Waals surface area contributed by atoms with E-state index in [1.165, 1.54) is 6.92 Å². The van der Waals surface area contributed by atoms with Crippen molar-refractivity contribution in [1.82, 2.24) is 0 Å². The van der Waals surface area contributed by atoms with Crippen LogP contribution in [0, 0.1) is 6.92 Å². The van der Waals surface area contributed by atoms with Gasteiger partial charge in [-0.25, -0.2) is 0 Å². The Morgan fingerprint density at radius 1 is 1.39 bits per heavy atom. The monoisotopic (exact) mass is 249 g/mol. The largest absolute Gasteiger partial charge is 0.385 e. The zero-order chi connectivity index (χ0) is 13.8. The number of rotatable bonds is 5. The van der Waals surface area contributed by atoms with E-state index in [1.54, 1.807) is 0 Å². The quantitative estimate of drug-likeness (QED) is 0.751. The molecule has 100 valence electrons. The molecule has 1 aromatic carbocycles. The Hall–Kier alpha value is -1.55. The molecule has 0 aliphatic carbocycles. The molecule has 18 heavy (non-hydrogen) atoms. The molecule has 4 nitrogen and oxygen atoms in total. The molecule has 0 aliphatic heterocycles. The van der Waals surface area contributed by atoms with Gasteiger partial charge in [0.05, 0.1) is 0 Å². The number of amides is 1. The third kappa shape index (κ3) is 5.19. The molecule has 0 saturated carbocycles. The highest BCUT2D eigenvalue weighted by Gasteiger charge is 2.09. The summed E-state index contributed by atoms with van der Waals surface area (Å²) in [4.78, 5) is 11.1. The molecule has 0 atom stereocenters. The van der Waals surface area contributed by atoms with E-state index in [0.29, 0.717) is 0 Å². The zero-order valence-electron chi connectivity index (χ0n) is 11.6. The summed E-state index contributed by atoms with van der Waals surface area (Å²) < 4.78 is 0. The highest BCUT2D eigenvalue weighted by molar-refractivity contribution is 5.90. The van der Waals surface area contributed by atoms with Gasteiger partial charge < -0.3 is 16.4 Å². The van der Waals surface area contributed by atoms with Crippen LogP contribution in [0.15, 0.2) is 18.2 Å². The average Bonchev–Trinajstić information content (AvgIpc) is 2.20. The van der Waals surface area contributed by atoms with Gasteiger partial charge >= 0.3 is 0 Å². The predicted octanol–water partition coefficient (Wildman–Crippen LogP) is 2.49. The summed E-state index contributed by atoms with van der Waals surface area (Å²) in [5, 5.41) is 6.13. The maximum Gasteiger partial charge on any atom is 0.221 e. The van der Waals surface area contributed by atoms with Gasteiger partial charge in [-0.05, 0) is 44.9 Å². The van der Waals surface area contributed by atoms with Gasteiger partial charge in [-0.15, -0.1) is 0 Å². The number of nitrogens with one attached hydrogen (secondary N) is 2. The molecule has 0 bridgehead atoms. The lowest BCUT2D eigenvalue weighted by Crippen LogP contribution is -2.34. The third-order valence-corrected chi connectivity index (χ3v) is 2.65. The Morgan fingerprint density at radius 2 is 2.06 bits per heavy atom. The fraction of sp³-hybridized carbons (Fsp3) is 0.500. The number of hydrogen-bond donors (Lipinski definition) is 3. The Bertz CT molecular complexity index is 422. The van der Waals surface area contributed by atoms with E-state index in [9.17, 15) is 4.79 Å². The van der Waals surface area contributed by atoms with Crippen molar-refractivity contribution in [3.8, 4) is 0 Å². The Balaban J connectivity index is 2.64. The first kappa shape index (κ1) is 14.5. The van der Waals surface area contributed by atoms with Crippen molar-refractivity contribution in [2.45, 2.75) is 39.7 Å². The number of carbonyl (C=O) groups is 1. The SMILES string of the molecule is CC(=O)Nc1cc(NCCC(C)(C)N)ccc1C. The van der Waals surface area contributed by atoms with Crippen LogP contribution >= 0.6 is 0 Å². The zero-order valence-corrected chi connectivity index (χ0v) is 11.6. The minimum atomic E-state index is -0.168. The summed E-state index contributed by atoms with van der Waals surface area (Å²) in [7, 11) is 0. The van der Waals surface area contributed by atoms with Crippen LogP contribution in [-0.2, 0) is 4.79 Å². The number of carbonyl (C=O) groups excluding carboxylic acids is 1. The highest BCUT2D eigenvalue weighted by atomic mass is 16.1. The summed E-state index contributed by atoms with van der Waals surface area (Å²) in [5.74, 6) is -0.0571. The van der Waals surface area contributed by atoms with Gasteiger partial charge in [0.1, 0.15) is 0 Å². The first-order valence-corrected chi connectivity index (χ1v) is 6.19. The van der Waals surface area contributed by atoms with Crippen molar-refractivity contribution in [1.29, 1.82) is 0 Å². The first-order chi connectivity index (χ1) is 8.28. The lowest BCUT2D eigenvalue weighted by Gasteiger charge is -2.19. The third-order valence-electron chi connectivity index (χ3n) is 2.65. The van der Waals surface area contributed by atoms with Crippen LogP contribution in [0.25, 0.3) is 0 Å². The molecule has 0 aromatic heterocycles. The fourth-order valence-electron chi connectivity index (χ4n) is 1.59. The first-order valence-electron chi connectivity index (χ1n) is 6.19. The predicted molar refractivity (Wildman–Crippen MR) is 76.9 cm³/mol. The molecule has 4 heteroatoms. The molecule has 4 N–H and O–H groups in total. The second-order valence-electron chi connectivity index (χ2n) is 5.38. The standard InChI is InChI=1S/C14H23N3O/c1-10-5-6-12(9-13(10)17-11(2)18)16-8-7-14(3,4)15/h5-6,9,16H,7-8,15H2,1-4H3,(H,17,18). The molecule has 1 aromatic rings. The Kier molecular flexibility index (Phi) is 4.73. The molecule has 0 saturated heterocycles. The molecular formula is C14H23N3O. The van der Waals surface area contributed by atoms with Gasteiger partial charge in [0.25, 0.3) is 0 Å². The Labute approximate surface area is 109 Å². The molecule has 0 spiro atoms. The lowest BCUT2D eigenvalue weighted by molar-refractivity contribution is -0.114. The van der Waals surface area contributed by atoms with E-state index in [-0.39, 0.29) is 11.4 Å². The molecule has 0 radical (unpaired) electrons. The van der Waals surface area contributed by atoms with E-state index >= 15 is 0 Å². The normalized spacial score (nSPS) is 11.2. The molecule has 0 aliphatic rings. The molecule has 0 unspecified atom stereocenters. The summed E-state index contributed by atoms with van der Waals surface area (Å²) in [5.41, 5.74) is 8.65. The van der Waals surface area contributed by atoms with E-state index in [2.05, 4.69) is 10.6 Å². The number of anilines is 2. The molecule has 0 fully saturated rings. The van der Waals surface area contributed by atoms with E-state index in [1.807, 2.05) is 39.0 Å². The van der Waals surface area contributed by atoms with Gasteiger partial charge in [0, 0.05) is 30.4 Å². The van der Waals surface area contributed by atoms with Crippen LogP contribution < -0.4 is 16.4 Å². The maximum atomic E-state index is 11.1. The summed E-state index contributed by atoms with van der Waals surface area (Å²) in [6.07, 6.45) is 0.885. The van der Waals surface area contributed by atoms with E-state index in [0.717, 1.165) is 29.9 Å². The number of nitrogens with two attached hydrogens (primary N) is 1. The van der Waals surface area contributed by atoms with Gasteiger partial charge in [0.15, 0.2) is 0 Å². The second kappa shape index (κ2) is 5.87. The van der Waals surface area contributed by atoms with Crippen molar-refractivity contribution in [3.05, 3.63) is 23.8 Å². The number of hydrogen-bond acceptors (Lipinski definition) is 3. The van der Waals surface area contributed by atoms with Crippen molar-refractivity contribution in [2.75, 3.05) is 17.2 Å². The van der Waals surface area contributed by atoms with E-state index in [4.69, 9.17) is 5.73 Å². The molecule has 1 rings (SSSR count). The molecular weight excluding hydrogens is 226 g/mol. The fourth-order valence-corrected chi connectivity index (χ4v) is 1.59. The van der Waals surface area contributed by atoms with Crippen LogP contribution in [-0.4, -0.2) is 18.0 Å². The van der Waals surface area contributed by atoms with Crippen LogP contribution in [0.2, 0.25) is 0 Å². The van der Waals surface area contributed by atoms with Gasteiger partial charge in [0.2, 0.25) is 5.91 Å². The maximum absolute atomic E-state index is 11.1. The van der Waals surface area contributed by atoms with Crippen molar-refractivity contribution < 1.29 is 4.79 Å². The van der Waals surface area contributed by atoms with Crippen LogP contribution in [0.5, 0.6) is 0 Å². The number of benzene rings is 1. The van der Waals surface area contributed by atoms with Crippen molar-refractivity contribution in [3.63, 3.8) is 0 Å². The van der Waals surface area contributed by atoms with Gasteiger partial charge in [-0.3, -0.25) is 4.79 Å². The van der Waals surface area contributed by atoms with Crippen molar-refractivity contribution >= 4 is 17.3 Å². The molecule has 0 heterocycles. The lowest BCUT2D eigenvalue weighted by atomic mass is 10.0. The topological polar surface area (TPSA) is 67.2 Å². The summed E-state index contributed by atoms with van der Waals surface area (Å²) >= 11 is 0. The van der Waals surface area contributed by atoms with Gasteiger partial charge in [-0.2, -0.15) is 0 Å². The highest BCUT2D eigenvalue weighted by Crippen LogP contribution is 2.20.